The highest BCUT2D eigenvalue weighted by molar-refractivity contribution is 5.94. The summed E-state index contributed by atoms with van der Waals surface area (Å²) in [6, 6.07) is 3.51. The Kier molecular flexibility index (Phi) is 6.38. The summed E-state index contributed by atoms with van der Waals surface area (Å²) in [5, 5.41) is 5.75. The fourth-order valence-corrected chi connectivity index (χ4v) is 2.52. The van der Waals surface area contributed by atoms with Crippen LogP contribution in [0.15, 0.2) is 18.3 Å². The molecule has 1 aliphatic rings. The zero-order valence-electron chi connectivity index (χ0n) is 14.0. The third-order valence-electron chi connectivity index (χ3n) is 4.08. The number of amides is 2. The number of piperidine rings is 1. The lowest BCUT2D eigenvalue weighted by molar-refractivity contribution is -0.119. The Balaban J connectivity index is 1.84. The van der Waals surface area contributed by atoms with Gasteiger partial charge in [0, 0.05) is 25.8 Å². The molecule has 1 saturated heterocycles. The topological polar surface area (TPSA) is 74.3 Å². The molecule has 1 aromatic heterocycles. The molecule has 2 heterocycles. The first-order valence-corrected chi connectivity index (χ1v) is 8.36. The van der Waals surface area contributed by atoms with Crippen molar-refractivity contribution >= 4 is 17.6 Å². The second-order valence-electron chi connectivity index (χ2n) is 6.11. The van der Waals surface area contributed by atoms with E-state index in [2.05, 4.69) is 22.5 Å². The van der Waals surface area contributed by atoms with Crippen LogP contribution in [0.4, 0.5) is 5.82 Å². The summed E-state index contributed by atoms with van der Waals surface area (Å²) in [5.41, 5.74) is 0.598. The smallest absolute Gasteiger partial charge is 0.255 e. The van der Waals surface area contributed by atoms with Crippen molar-refractivity contribution < 1.29 is 9.59 Å². The molecule has 0 aromatic carbocycles. The molecular formula is C17H26N4O2. The lowest BCUT2D eigenvalue weighted by Crippen LogP contribution is -2.37. The third-order valence-corrected chi connectivity index (χ3v) is 4.08. The highest BCUT2D eigenvalue weighted by atomic mass is 16.2. The van der Waals surface area contributed by atoms with Crippen molar-refractivity contribution in [1.82, 2.24) is 15.2 Å². The lowest BCUT2D eigenvalue weighted by atomic mass is 9.99. The SMILES string of the molecule is CCCNC(=O)CNc1ccc(C(=O)N2CCC(C)CC2)cn1. The van der Waals surface area contributed by atoms with E-state index >= 15 is 0 Å². The first kappa shape index (κ1) is 17.2. The number of nitrogens with one attached hydrogen (secondary N) is 2. The van der Waals surface area contributed by atoms with E-state index in [0.717, 1.165) is 32.4 Å². The van der Waals surface area contributed by atoms with Crippen molar-refractivity contribution in [2.45, 2.75) is 33.1 Å². The van der Waals surface area contributed by atoms with Crippen LogP contribution in [0.1, 0.15) is 43.5 Å². The molecule has 126 valence electrons. The molecule has 0 bridgehead atoms. The molecule has 23 heavy (non-hydrogen) atoms. The van der Waals surface area contributed by atoms with Crippen molar-refractivity contribution in [3.05, 3.63) is 23.9 Å². The van der Waals surface area contributed by atoms with Gasteiger partial charge in [0.2, 0.25) is 5.91 Å². The summed E-state index contributed by atoms with van der Waals surface area (Å²) in [6.45, 7) is 6.73. The third kappa shape index (κ3) is 5.23. The van der Waals surface area contributed by atoms with Crippen molar-refractivity contribution in [3.8, 4) is 0 Å². The minimum Gasteiger partial charge on any atom is -0.361 e. The molecule has 2 rings (SSSR count). The first-order chi connectivity index (χ1) is 11.1. The number of carbonyl (C=O) groups is 2. The molecule has 0 radical (unpaired) electrons. The van der Waals surface area contributed by atoms with Gasteiger partial charge in [-0.05, 0) is 37.3 Å². The zero-order chi connectivity index (χ0) is 16.7. The molecule has 0 atom stereocenters. The predicted molar refractivity (Wildman–Crippen MR) is 90.3 cm³/mol. The van der Waals surface area contributed by atoms with Crippen LogP contribution >= 0.6 is 0 Å². The Morgan fingerprint density at radius 2 is 2.04 bits per heavy atom. The Morgan fingerprint density at radius 3 is 2.65 bits per heavy atom. The van der Waals surface area contributed by atoms with Crippen molar-refractivity contribution in [1.29, 1.82) is 0 Å². The average molecular weight is 318 g/mol. The van der Waals surface area contributed by atoms with Gasteiger partial charge in [0.1, 0.15) is 5.82 Å². The van der Waals surface area contributed by atoms with E-state index in [4.69, 9.17) is 0 Å². The second kappa shape index (κ2) is 8.50. The van der Waals surface area contributed by atoms with Crippen LogP contribution in [0, 0.1) is 5.92 Å². The maximum absolute atomic E-state index is 12.4. The van der Waals surface area contributed by atoms with Gasteiger partial charge < -0.3 is 15.5 Å². The Hall–Kier alpha value is -2.11. The summed E-state index contributed by atoms with van der Waals surface area (Å²) in [6.07, 6.45) is 4.61. The van der Waals surface area contributed by atoms with Crippen LogP contribution < -0.4 is 10.6 Å². The monoisotopic (exact) mass is 318 g/mol. The fraction of sp³-hybridized carbons (Fsp3) is 0.588. The van der Waals surface area contributed by atoms with Crippen LogP contribution in [0.5, 0.6) is 0 Å². The zero-order valence-corrected chi connectivity index (χ0v) is 14.0. The van der Waals surface area contributed by atoms with Gasteiger partial charge in [-0.25, -0.2) is 4.98 Å². The predicted octanol–water partition coefficient (Wildman–Crippen LogP) is 1.89. The van der Waals surface area contributed by atoms with Gasteiger partial charge in [0.25, 0.3) is 5.91 Å². The molecule has 6 heteroatoms. The van der Waals surface area contributed by atoms with Crippen LogP contribution in [-0.4, -0.2) is 47.9 Å². The molecule has 6 nitrogen and oxygen atoms in total. The maximum Gasteiger partial charge on any atom is 0.255 e. The number of rotatable bonds is 6. The minimum absolute atomic E-state index is 0.0386. The number of hydrogen-bond acceptors (Lipinski definition) is 4. The number of pyridine rings is 1. The van der Waals surface area contributed by atoms with Crippen molar-refractivity contribution in [2.24, 2.45) is 5.92 Å². The van der Waals surface area contributed by atoms with E-state index in [0.29, 0.717) is 23.8 Å². The van der Waals surface area contributed by atoms with Gasteiger partial charge in [0.15, 0.2) is 0 Å². The molecular weight excluding hydrogens is 292 g/mol. The van der Waals surface area contributed by atoms with Gasteiger partial charge >= 0.3 is 0 Å². The fourth-order valence-electron chi connectivity index (χ4n) is 2.52. The van der Waals surface area contributed by atoms with Gasteiger partial charge in [-0.2, -0.15) is 0 Å². The summed E-state index contributed by atoms with van der Waals surface area (Å²) in [7, 11) is 0. The van der Waals surface area contributed by atoms with Gasteiger partial charge in [0.05, 0.1) is 12.1 Å². The van der Waals surface area contributed by atoms with E-state index in [9.17, 15) is 9.59 Å². The quantitative estimate of drug-likeness (QED) is 0.840. The van der Waals surface area contributed by atoms with Crippen LogP contribution in [0.3, 0.4) is 0 Å². The summed E-state index contributed by atoms with van der Waals surface area (Å²) < 4.78 is 0. The van der Waals surface area contributed by atoms with Gasteiger partial charge in [-0.1, -0.05) is 13.8 Å². The largest absolute Gasteiger partial charge is 0.361 e. The molecule has 1 aliphatic heterocycles. The number of anilines is 1. The summed E-state index contributed by atoms with van der Waals surface area (Å²) in [5.74, 6) is 1.27. The molecule has 0 unspecified atom stereocenters. The van der Waals surface area contributed by atoms with E-state index in [1.54, 1.807) is 18.3 Å². The average Bonchev–Trinajstić information content (AvgIpc) is 2.58. The Labute approximate surface area is 137 Å². The van der Waals surface area contributed by atoms with Gasteiger partial charge in [-0.3, -0.25) is 9.59 Å². The Bertz CT molecular complexity index is 522. The van der Waals surface area contributed by atoms with Crippen molar-refractivity contribution in [2.75, 3.05) is 31.5 Å². The number of carbonyl (C=O) groups excluding carboxylic acids is 2. The maximum atomic E-state index is 12.4. The second-order valence-corrected chi connectivity index (χ2v) is 6.11. The molecule has 1 fully saturated rings. The van der Waals surface area contributed by atoms with E-state index in [-0.39, 0.29) is 18.4 Å². The standard InChI is InChI=1S/C17H26N4O2/c1-3-8-18-16(22)12-20-15-5-4-14(11-19-15)17(23)21-9-6-13(2)7-10-21/h4-5,11,13H,3,6-10,12H2,1-2H3,(H,18,22)(H,19,20). The molecule has 2 amide bonds. The van der Waals surface area contributed by atoms with E-state index < -0.39 is 0 Å². The number of hydrogen-bond donors (Lipinski definition) is 2. The normalized spacial score (nSPS) is 15.3. The molecule has 2 N–H and O–H groups in total. The molecule has 1 aromatic rings. The van der Waals surface area contributed by atoms with E-state index in [1.165, 1.54) is 0 Å². The van der Waals surface area contributed by atoms with Gasteiger partial charge in [-0.15, -0.1) is 0 Å². The Morgan fingerprint density at radius 1 is 1.30 bits per heavy atom. The van der Waals surface area contributed by atoms with Crippen LogP contribution in [0.25, 0.3) is 0 Å². The van der Waals surface area contributed by atoms with Crippen LogP contribution in [-0.2, 0) is 4.79 Å². The number of likely N-dealkylation sites (tertiary alicyclic amines) is 1. The number of aromatic nitrogens is 1. The minimum atomic E-state index is -0.0590. The first-order valence-electron chi connectivity index (χ1n) is 8.36. The summed E-state index contributed by atoms with van der Waals surface area (Å²) >= 11 is 0. The highest BCUT2D eigenvalue weighted by Crippen LogP contribution is 2.18. The highest BCUT2D eigenvalue weighted by Gasteiger charge is 2.21. The lowest BCUT2D eigenvalue weighted by Gasteiger charge is -2.30. The molecule has 0 saturated carbocycles. The van der Waals surface area contributed by atoms with Crippen LogP contribution in [0.2, 0.25) is 0 Å². The summed E-state index contributed by atoms with van der Waals surface area (Å²) in [4.78, 5) is 30.0. The molecule has 0 spiro atoms. The van der Waals surface area contributed by atoms with Crippen molar-refractivity contribution in [3.63, 3.8) is 0 Å². The number of nitrogens with zero attached hydrogens (tertiary/aromatic N) is 2. The van der Waals surface area contributed by atoms with E-state index in [1.807, 2.05) is 11.8 Å². The molecule has 0 aliphatic carbocycles.